The van der Waals surface area contributed by atoms with Gasteiger partial charge in [-0.15, -0.1) is 0 Å². The predicted octanol–water partition coefficient (Wildman–Crippen LogP) is 2.08. The van der Waals surface area contributed by atoms with Crippen molar-refractivity contribution in [2.24, 2.45) is 11.3 Å². The van der Waals surface area contributed by atoms with Gasteiger partial charge in [-0.2, -0.15) is 0 Å². The van der Waals surface area contributed by atoms with E-state index in [0.717, 1.165) is 5.57 Å². The molecule has 0 amide bonds. The average Bonchev–Trinajstić information content (AvgIpc) is 2.33. The normalized spacial score (nSPS) is 26.3. The SMILES string of the molecule is CC(=O)OC[C@@H]1[C@H](OC(C)=O)C(C)=CC1(C)C. The highest BCUT2D eigenvalue weighted by Gasteiger charge is 2.43. The number of carbonyl (C=O) groups excluding carboxylic acids is 2. The molecule has 0 radical (unpaired) electrons. The van der Waals surface area contributed by atoms with Gasteiger partial charge in [0.05, 0.1) is 6.61 Å². The Balaban J connectivity index is 2.81. The molecule has 4 heteroatoms. The Labute approximate surface area is 102 Å². The van der Waals surface area contributed by atoms with Gasteiger partial charge in [0.25, 0.3) is 0 Å². The Kier molecular flexibility index (Phi) is 3.96. The minimum atomic E-state index is -0.313. The van der Waals surface area contributed by atoms with Crippen LogP contribution in [0, 0.1) is 11.3 Å². The van der Waals surface area contributed by atoms with E-state index in [1.54, 1.807) is 0 Å². The number of ether oxygens (including phenoxy) is 2. The van der Waals surface area contributed by atoms with Crippen molar-refractivity contribution < 1.29 is 19.1 Å². The smallest absolute Gasteiger partial charge is 0.303 e. The first-order chi connectivity index (χ1) is 7.74. The van der Waals surface area contributed by atoms with E-state index in [4.69, 9.17) is 9.47 Å². The largest absolute Gasteiger partial charge is 0.465 e. The summed E-state index contributed by atoms with van der Waals surface area (Å²) in [4.78, 5) is 22.0. The van der Waals surface area contributed by atoms with Gasteiger partial charge in [-0.3, -0.25) is 9.59 Å². The van der Waals surface area contributed by atoms with E-state index < -0.39 is 0 Å². The lowest BCUT2D eigenvalue weighted by Gasteiger charge is -2.30. The zero-order chi connectivity index (χ0) is 13.2. The van der Waals surface area contributed by atoms with Gasteiger partial charge in [-0.1, -0.05) is 19.9 Å². The van der Waals surface area contributed by atoms with E-state index in [-0.39, 0.29) is 36.0 Å². The molecule has 0 N–H and O–H groups in total. The highest BCUT2D eigenvalue weighted by molar-refractivity contribution is 5.67. The third kappa shape index (κ3) is 3.32. The van der Waals surface area contributed by atoms with Gasteiger partial charge >= 0.3 is 11.9 Å². The fourth-order valence-electron chi connectivity index (χ4n) is 2.35. The molecule has 0 aromatic rings. The molecule has 4 nitrogen and oxygen atoms in total. The van der Waals surface area contributed by atoms with Gasteiger partial charge in [0, 0.05) is 19.8 Å². The summed E-state index contributed by atoms with van der Waals surface area (Å²) in [5.41, 5.74) is 0.877. The molecule has 0 saturated heterocycles. The monoisotopic (exact) mass is 240 g/mol. The van der Waals surface area contributed by atoms with Gasteiger partial charge in [0.1, 0.15) is 6.10 Å². The standard InChI is InChI=1S/C13H20O4/c1-8-6-13(4,5)11(7-16-9(2)14)12(8)17-10(3)15/h6,11-12H,7H2,1-5H3/t11-,12-/m1/s1. The van der Waals surface area contributed by atoms with Gasteiger partial charge < -0.3 is 9.47 Å². The molecular formula is C13H20O4. The molecule has 0 bridgehead atoms. The van der Waals surface area contributed by atoms with E-state index in [1.807, 2.05) is 20.8 Å². The molecule has 0 aliphatic heterocycles. The summed E-state index contributed by atoms with van der Waals surface area (Å²) < 4.78 is 10.4. The van der Waals surface area contributed by atoms with Crippen molar-refractivity contribution in [2.75, 3.05) is 6.61 Å². The topological polar surface area (TPSA) is 52.6 Å². The van der Waals surface area contributed by atoms with Crippen molar-refractivity contribution in [3.8, 4) is 0 Å². The van der Waals surface area contributed by atoms with Crippen LogP contribution in [-0.4, -0.2) is 24.6 Å². The molecule has 2 atom stereocenters. The van der Waals surface area contributed by atoms with Crippen LogP contribution < -0.4 is 0 Å². The lowest BCUT2D eigenvalue weighted by molar-refractivity contribution is -0.152. The minimum absolute atomic E-state index is 0.0182. The minimum Gasteiger partial charge on any atom is -0.465 e. The van der Waals surface area contributed by atoms with Gasteiger partial charge in [-0.05, 0) is 17.9 Å². The molecule has 0 spiro atoms. The van der Waals surface area contributed by atoms with Crippen LogP contribution in [0.3, 0.4) is 0 Å². The van der Waals surface area contributed by atoms with E-state index in [2.05, 4.69) is 6.08 Å². The zero-order valence-corrected chi connectivity index (χ0v) is 11.1. The van der Waals surface area contributed by atoms with E-state index in [1.165, 1.54) is 13.8 Å². The van der Waals surface area contributed by atoms with E-state index in [0.29, 0.717) is 0 Å². The second kappa shape index (κ2) is 4.90. The molecule has 17 heavy (non-hydrogen) atoms. The summed E-state index contributed by atoms with van der Waals surface area (Å²) in [6, 6.07) is 0. The van der Waals surface area contributed by atoms with Crippen molar-refractivity contribution in [1.82, 2.24) is 0 Å². The van der Waals surface area contributed by atoms with Gasteiger partial charge in [-0.25, -0.2) is 0 Å². The lowest BCUT2D eigenvalue weighted by Crippen LogP contribution is -2.35. The number of carbonyl (C=O) groups is 2. The van der Waals surface area contributed by atoms with Crippen molar-refractivity contribution in [3.05, 3.63) is 11.6 Å². The average molecular weight is 240 g/mol. The summed E-state index contributed by atoms with van der Waals surface area (Å²) in [6.07, 6.45) is 1.79. The van der Waals surface area contributed by atoms with Crippen LogP contribution in [0.15, 0.2) is 11.6 Å². The van der Waals surface area contributed by atoms with Crippen LogP contribution in [0.4, 0.5) is 0 Å². The van der Waals surface area contributed by atoms with Crippen molar-refractivity contribution in [1.29, 1.82) is 0 Å². The lowest BCUT2D eigenvalue weighted by atomic mass is 9.81. The first-order valence-electron chi connectivity index (χ1n) is 5.74. The highest BCUT2D eigenvalue weighted by Crippen LogP contribution is 2.42. The summed E-state index contributed by atoms with van der Waals surface area (Å²) in [5, 5.41) is 0. The summed E-state index contributed by atoms with van der Waals surface area (Å²) in [5.74, 6) is -0.643. The summed E-state index contributed by atoms with van der Waals surface area (Å²) in [7, 11) is 0. The Hall–Kier alpha value is -1.32. The Morgan fingerprint density at radius 3 is 2.35 bits per heavy atom. The van der Waals surface area contributed by atoms with E-state index in [9.17, 15) is 9.59 Å². The van der Waals surface area contributed by atoms with Crippen molar-refractivity contribution in [3.63, 3.8) is 0 Å². The van der Waals surface area contributed by atoms with Gasteiger partial charge in [0.15, 0.2) is 0 Å². The molecule has 96 valence electrons. The molecular weight excluding hydrogens is 220 g/mol. The first kappa shape index (κ1) is 13.7. The second-order valence-electron chi connectivity index (χ2n) is 5.15. The third-order valence-corrected chi connectivity index (χ3v) is 3.13. The number of allylic oxidation sites excluding steroid dienone is 1. The third-order valence-electron chi connectivity index (χ3n) is 3.13. The van der Waals surface area contributed by atoms with Crippen LogP contribution in [0.2, 0.25) is 0 Å². The van der Waals surface area contributed by atoms with Crippen molar-refractivity contribution in [2.45, 2.75) is 40.7 Å². The maximum absolute atomic E-state index is 11.1. The summed E-state index contributed by atoms with van der Waals surface area (Å²) in [6.45, 7) is 9.07. The quantitative estimate of drug-likeness (QED) is 0.560. The van der Waals surface area contributed by atoms with Crippen LogP contribution in [0.5, 0.6) is 0 Å². The predicted molar refractivity (Wildman–Crippen MR) is 63.2 cm³/mol. The fraction of sp³-hybridized carbons (Fsp3) is 0.692. The van der Waals surface area contributed by atoms with Crippen LogP contribution in [0.1, 0.15) is 34.6 Å². The Morgan fingerprint density at radius 2 is 1.88 bits per heavy atom. The number of rotatable bonds is 3. The second-order valence-corrected chi connectivity index (χ2v) is 5.15. The molecule has 1 rings (SSSR count). The maximum Gasteiger partial charge on any atom is 0.303 e. The number of hydrogen-bond acceptors (Lipinski definition) is 4. The highest BCUT2D eigenvalue weighted by atomic mass is 16.6. The molecule has 0 heterocycles. The Morgan fingerprint density at radius 1 is 1.29 bits per heavy atom. The molecule has 0 unspecified atom stereocenters. The fourth-order valence-corrected chi connectivity index (χ4v) is 2.35. The molecule has 0 aromatic carbocycles. The Bertz CT molecular complexity index is 354. The molecule has 1 aliphatic carbocycles. The van der Waals surface area contributed by atoms with E-state index >= 15 is 0 Å². The molecule has 1 aliphatic rings. The van der Waals surface area contributed by atoms with Crippen LogP contribution in [-0.2, 0) is 19.1 Å². The first-order valence-corrected chi connectivity index (χ1v) is 5.74. The van der Waals surface area contributed by atoms with Crippen molar-refractivity contribution >= 4 is 11.9 Å². The van der Waals surface area contributed by atoms with Crippen LogP contribution >= 0.6 is 0 Å². The molecule has 0 saturated carbocycles. The molecule has 0 aromatic heterocycles. The molecule has 0 fully saturated rings. The zero-order valence-electron chi connectivity index (χ0n) is 11.1. The number of hydrogen-bond donors (Lipinski definition) is 0. The summed E-state index contributed by atoms with van der Waals surface area (Å²) >= 11 is 0. The maximum atomic E-state index is 11.1. The van der Waals surface area contributed by atoms with Crippen LogP contribution in [0.25, 0.3) is 0 Å². The number of esters is 2. The van der Waals surface area contributed by atoms with Gasteiger partial charge in [0.2, 0.25) is 0 Å².